The zero-order chi connectivity index (χ0) is 9.84. The fourth-order valence-corrected chi connectivity index (χ4v) is 1.33. The Morgan fingerprint density at radius 1 is 1.43 bits per heavy atom. The zero-order valence-electron chi connectivity index (χ0n) is 7.60. The van der Waals surface area contributed by atoms with E-state index in [1.807, 2.05) is 0 Å². The largest absolute Gasteiger partial charge is 0.368 e. The lowest BCUT2D eigenvalue weighted by atomic mass is 10.4. The van der Waals surface area contributed by atoms with Gasteiger partial charge in [-0.1, -0.05) is 0 Å². The molecule has 7 heteroatoms. The van der Waals surface area contributed by atoms with E-state index >= 15 is 0 Å². The molecule has 0 unspecified atom stereocenters. The van der Waals surface area contributed by atoms with E-state index in [1.54, 1.807) is 4.90 Å². The third-order valence-electron chi connectivity index (χ3n) is 1.78. The standard InChI is InChI=1S/C7H12N4O2.ClH/c8-5(12)4-11-3-1-2-6(11)10-7(9)13;/h1-4H2,(H2,8,12)(H2,9,13);1H/b10-6-;. The summed E-state index contributed by atoms with van der Waals surface area (Å²) in [5, 5.41) is 0. The van der Waals surface area contributed by atoms with Crippen LogP contribution in [0.15, 0.2) is 4.99 Å². The summed E-state index contributed by atoms with van der Waals surface area (Å²) in [6.07, 6.45) is 1.55. The summed E-state index contributed by atoms with van der Waals surface area (Å²) >= 11 is 0. The van der Waals surface area contributed by atoms with E-state index < -0.39 is 11.9 Å². The lowest BCUT2D eigenvalue weighted by Crippen LogP contribution is -2.35. The molecule has 0 spiro atoms. The van der Waals surface area contributed by atoms with Crippen molar-refractivity contribution in [2.45, 2.75) is 12.8 Å². The van der Waals surface area contributed by atoms with Gasteiger partial charge in [0, 0.05) is 13.0 Å². The molecule has 1 fully saturated rings. The molecule has 0 radical (unpaired) electrons. The number of amidine groups is 1. The van der Waals surface area contributed by atoms with Gasteiger partial charge in [0.2, 0.25) is 5.91 Å². The first-order valence-electron chi connectivity index (χ1n) is 4.00. The number of aliphatic imine (C=N–C) groups is 1. The third kappa shape index (κ3) is 3.61. The molecule has 0 bridgehead atoms. The molecule has 1 heterocycles. The highest BCUT2D eigenvalue weighted by Gasteiger charge is 2.20. The van der Waals surface area contributed by atoms with E-state index in [4.69, 9.17) is 11.5 Å². The van der Waals surface area contributed by atoms with E-state index in [2.05, 4.69) is 4.99 Å². The lowest BCUT2D eigenvalue weighted by molar-refractivity contribution is -0.118. The molecule has 0 atom stereocenters. The van der Waals surface area contributed by atoms with Gasteiger partial charge in [0.1, 0.15) is 5.84 Å². The Hall–Kier alpha value is -1.30. The Morgan fingerprint density at radius 3 is 2.57 bits per heavy atom. The zero-order valence-corrected chi connectivity index (χ0v) is 8.42. The summed E-state index contributed by atoms with van der Waals surface area (Å²) in [4.78, 5) is 26.3. The highest BCUT2D eigenvalue weighted by atomic mass is 35.5. The van der Waals surface area contributed by atoms with Crippen molar-refractivity contribution >= 4 is 30.2 Å². The monoisotopic (exact) mass is 220 g/mol. The maximum atomic E-state index is 10.6. The number of amides is 3. The number of urea groups is 1. The highest BCUT2D eigenvalue weighted by molar-refractivity contribution is 5.95. The molecule has 3 amide bonds. The summed E-state index contributed by atoms with van der Waals surface area (Å²) in [5.41, 5.74) is 9.91. The second-order valence-corrected chi connectivity index (χ2v) is 2.86. The van der Waals surface area contributed by atoms with Gasteiger partial charge in [-0.2, -0.15) is 4.99 Å². The van der Waals surface area contributed by atoms with Crippen LogP contribution in [0.2, 0.25) is 0 Å². The summed E-state index contributed by atoms with van der Waals surface area (Å²) in [7, 11) is 0. The van der Waals surface area contributed by atoms with E-state index in [1.165, 1.54) is 0 Å². The Labute approximate surface area is 87.7 Å². The number of primary amides is 2. The molecule has 80 valence electrons. The van der Waals surface area contributed by atoms with E-state index in [0.717, 1.165) is 6.42 Å². The number of hydrogen-bond acceptors (Lipinski definition) is 2. The van der Waals surface area contributed by atoms with Gasteiger partial charge in [-0.3, -0.25) is 4.79 Å². The van der Waals surface area contributed by atoms with Crippen LogP contribution in [0, 0.1) is 0 Å². The number of hydrogen-bond donors (Lipinski definition) is 2. The Morgan fingerprint density at radius 2 is 2.07 bits per heavy atom. The predicted octanol–water partition coefficient (Wildman–Crippen LogP) is -0.534. The number of likely N-dealkylation sites (tertiary alicyclic amines) is 1. The quantitative estimate of drug-likeness (QED) is 0.654. The van der Waals surface area contributed by atoms with Crippen molar-refractivity contribution in [1.82, 2.24) is 4.90 Å². The number of nitrogens with zero attached hydrogens (tertiary/aromatic N) is 2. The molecule has 0 aliphatic carbocycles. The molecule has 1 aliphatic rings. The molecule has 1 aliphatic heterocycles. The van der Waals surface area contributed by atoms with E-state index in [9.17, 15) is 9.59 Å². The molecular formula is C7H13ClN4O2. The van der Waals surface area contributed by atoms with Crippen molar-refractivity contribution in [2.24, 2.45) is 16.5 Å². The van der Waals surface area contributed by atoms with Gasteiger partial charge in [-0.15, -0.1) is 12.4 Å². The van der Waals surface area contributed by atoms with Crippen LogP contribution in [-0.4, -0.2) is 35.8 Å². The van der Waals surface area contributed by atoms with Crippen molar-refractivity contribution in [3.63, 3.8) is 0 Å². The van der Waals surface area contributed by atoms with E-state index in [-0.39, 0.29) is 19.0 Å². The molecule has 0 aromatic rings. The topological polar surface area (TPSA) is 102 Å². The van der Waals surface area contributed by atoms with Crippen LogP contribution in [0.5, 0.6) is 0 Å². The van der Waals surface area contributed by atoms with Crippen LogP contribution in [0.1, 0.15) is 12.8 Å². The molecule has 0 saturated carbocycles. The molecule has 4 N–H and O–H groups in total. The molecule has 1 rings (SSSR count). The van der Waals surface area contributed by atoms with Crippen LogP contribution in [0.4, 0.5) is 4.79 Å². The number of halogens is 1. The first-order chi connectivity index (χ1) is 6.09. The molecule has 6 nitrogen and oxygen atoms in total. The molecule has 0 aromatic heterocycles. The predicted molar refractivity (Wildman–Crippen MR) is 54.3 cm³/mol. The van der Waals surface area contributed by atoms with Gasteiger partial charge in [0.25, 0.3) is 0 Å². The fraction of sp³-hybridized carbons (Fsp3) is 0.571. The maximum Gasteiger partial charge on any atom is 0.339 e. The van der Waals surface area contributed by atoms with Crippen LogP contribution in [-0.2, 0) is 4.79 Å². The minimum absolute atomic E-state index is 0. The molecular weight excluding hydrogens is 208 g/mol. The van der Waals surface area contributed by atoms with Crippen molar-refractivity contribution in [2.75, 3.05) is 13.1 Å². The highest BCUT2D eigenvalue weighted by Crippen LogP contribution is 2.10. The number of nitrogens with two attached hydrogens (primary N) is 2. The maximum absolute atomic E-state index is 10.6. The van der Waals surface area contributed by atoms with Gasteiger partial charge in [0.05, 0.1) is 6.54 Å². The van der Waals surface area contributed by atoms with Crippen LogP contribution >= 0.6 is 12.4 Å². The van der Waals surface area contributed by atoms with Crippen molar-refractivity contribution < 1.29 is 9.59 Å². The Balaban J connectivity index is 0.00000169. The first-order valence-corrected chi connectivity index (χ1v) is 4.00. The third-order valence-corrected chi connectivity index (χ3v) is 1.78. The smallest absolute Gasteiger partial charge is 0.339 e. The van der Waals surface area contributed by atoms with Crippen LogP contribution < -0.4 is 11.5 Å². The first kappa shape index (κ1) is 12.7. The average molecular weight is 221 g/mol. The lowest BCUT2D eigenvalue weighted by Gasteiger charge is -2.15. The van der Waals surface area contributed by atoms with Crippen molar-refractivity contribution in [3.05, 3.63) is 0 Å². The molecule has 14 heavy (non-hydrogen) atoms. The fourth-order valence-electron chi connectivity index (χ4n) is 1.33. The van der Waals surface area contributed by atoms with Crippen molar-refractivity contribution in [1.29, 1.82) is 0 Å². The van der Waals surface area contributed by atoms with Gasteiger partial charge < -0.3 is 16.4 Å². The number of carbonyl (C=O) groups is 2. The average Bonchev–Trinajstić information content (AvgIpc) is 2.34. The van der Waals surface area contributed by atoms with Crippen LogP contribution in [0.3, 0.4) is 0 Å². The van der Waals surface area contributed by atoms with Gasteiger partial charge in [-0.25, -0.2) is 4.79 Å². The minimum Gasteiger partial charge on any atom is -0.368 e. The SMILES string of the molecule is Cl.NC(=O)CN1CCC/C1=N/C(N)=O. The summed E-state index contributed by atoms with van der Waals surface area (Å²) < 4.78 is 0. The normalized spacial score (nSPS) is 18.0. The van der Waals surface area contributed by atoms with Gasteiger partial charge in [-0.05, 0) is 6.42 Å². The minimum atomic E-state index is -0.730. The Bertz CT molecular complexity index is 266. The summed E-state index contributed by atoms with van der Waals surface area (Å²) in [6.45, 7) is 0.807. The second-order valence-electron chi connectivity index (χ2n) is 2.86. The summed E-state index contributed by atoms with van der Waals surface area (Å²) in [6, 6.07) is -0.730. The molecule has 0 aromatic carbocycles. The summed E-state index contributed by atoms with van der Waals surface area (Å²) in [5.74, 6) is 0.130. The van der Waals surface area contributed by atoms with Crippen LogP contribution in [0.25, 0.3) is 0 Å². The van der Waals surface area contributed by atoms with E-state index in [0.29, 0.717) is 18.8 Å². The Kier molecular flexibility index (Phi) is 4.93. The van der Waals surface area contributed by atoms with Gasteiger partial charge >= 0.3 is 6.03 Å². The second kappa shape index (κ2) is 5.43. The number of rotatable bonds is 2. The van der Waals surface area contributed by atoms with Gasteiger partial charge in [0.15, 0.2) is 0 Å². The number of carbonyl (C=O) groups excluding carboxylic acids is 2. The van der Waals surface area contributed by atoms with Crippen molar-refractivity contribution in [3.8, 4) is 0 Å². The molecule has 1 saturated heterocycles.